The van der Waals surface area contributed by atoms with Crippen LogP contribution in [0.15, 0.2) is 10.7 Å². The Labute approximate surface area is 102 Å². The summed E-state index contributed by atoms with van der Waals surface area (Å²) in [5.74, 6) is 5.92. The molecular formula is C8H13BrN6O. The molecule has 16 heavy (non-hydrogen) atoms. The number of nitrogens with one attached hydrogen (secondary N) is 2. The van der Waals surface area contributed by atoms with Gasteiger partial charge in [0.1, 0.15) is 5.82 Å². The third-order valence-electron chi connectivity index (χ3n) is 1.78. The van der Waals surface area contributed by atoms with E-state index in [4.69, 9.17) is 5.84 Å². The molecule has 0 aliphatic heterocycles. The molecule has 0 atom stereocenters. The predicted octanol–water partition coefficient (Wildman–Crippen LogP) is 0.0248. The first-order chi connectivity index (χ1) is 7.54. The molecule has 1 heterocycles. The van der Waals surface area contributed by atoms with Crippen molar-refractivity contribution in [3.8, 4) is 0 Å². The molecule has 1 rings (SSSR count). The Balaban J connectivity index is 2.69. The van der Waals surface area contributed by atoms with Gasteiger partial charge in [0, 0.05) is 20.3 Å². The van der Waals surface area contributed by atoms with Crippen molar-refractivity contribution in [2.24, 2.45) is 5.84 Å². The maximum atomic E-state index is 11.3. The highest BCUT2D eigenvalue weighted by molar-refractivity contribution is 9.10. The van der Waals surface area contributed by atoms with Gasteiger partial charge in [0.05, 0.1) is 11.0 Å². The largest absolute Gasteiger partial charge is 0.360 e. The van der Waals surface area contributed by atoms with E-state index in [2.05, 4.69) is 36.6 Å². The molecule has 0 spiro atoms. The summed E-state index contributed by atoms with van der Waals surface area (Å²) in [7, 11) is 3.37. The van der Waals surface area contributed by atoms with Gasteiger partial charge in [-0.15, -0.1) is 0 Å². The van der Waals surface area contributed by atoms with Crippen molar-refractivity contribution >= 4 is 33.6 Å². The fourth-order valence-corrected chi connectivity index (χ4v) is 1.21. The lowest BCUT2D eigenvalue weighted by Crippen LogP contribution is -2.29. The van der Waals surface area contributed by atoms with Crippen LogP contribution in [0.4, 0.5) is 11.8 Å². The van der Waals surface area contributed by atoms with Crippen molar-refractivity contribution in [2.45, 2.75) is 0 Å². The van der Waals surface area contributed by atoms with Gasteiger partial charge in [0.15, 0.2) is 0 Å². The molecule has 0 radical (unpaired) electrons. The Morgan fingerprint density at radius 3 is 2.88 bits per heavy atom. The van der Waals surface area contributed by atoms with Crippen LogP contribution in [0.2, 0.25) is 0 Å². The van der Waals surface area contributed by atoms with Crippen LogP contribution in [-0.4, -0.2) is 41.4 Å². The number of nitrogen functional groups attached to an aromatic ring is 1. The molecule has 0 saturated heterocycles. The molecule has 4 N–H and O–H groups in total. The summed E-state index contributed by atoms with van der Waals surface area (Å²) in [6, 6.07) is 0. The number of hydrazine groups is 1. The van der Waals surface area contributed by atoms with E-state index in [1.807, 2.05) is 0 Å². The van der Waals surface area contributed by atoms with Crippen LogP contribution in [0.1, 0.15) is 0 Å². The lowest BCUT2D eigenvalue weighted by molar-refractivity contribution is -0.126. The van der Waals surface area contributed by atoms with Gasteiger partial charge in [-0.2, -0.15) is 4.98 Å². The second-order valence-corrected chi connectivity index (χ2v) is 4.03. The number of carbonyl (C=O) groups is 1. The Kier molecular flexibility index (Phi) is 4.44. The quantitative estimate of drug-likeness (QED) is 0.534. The topological polar surface area (TPSA) is 96.2 Å². The fraction of sp³-hybridized carbons (Fsp3) is 0.375. The zero-order valence-electron chi connectivity index (χ0n) is 8.99. The van der Waals surface area contributed by atoms with Crippen LogP contribution in [0.3, 0.4) is 0 Å². The number of nitrogens with two attached hydrogens (primary N) is 1. The zero-order chi connectivity index (χ0) is 12.1. The third kappa shape index (κ3) is 3.31. The number of halogens is 1. The maximum absolute atomic E-state index is 11.3. The highest BCUT2D eigenvalue weighted by atomic mass is 79.9. The van der Waals surface area contributed by atoms with E-state index in [9.17, 15) is 4.79 Å². The van der Waals surface area contributed by atoms with Crippen molar-refractivity contribution in [1.29, 1.82) is 0 Å². The van der Waals surface area contributed by atoms with Crippen LogP contribution >= 0.6 is 15.9 Å². The molecule has 1 amide bonds. The molecular weight excluding hydrogens is 276 g/mol. The number of nitrogens with zero attached hydrogens (tertiary/aromatic N) is 3. The number of likely N-dealkylation sites (N-methyl/N-ethyl adjacent to an activating group) is 1. The molecule has 0 saturated carbocycles. The van der Waals surface area contributed by atoms with Crippen LogP contribution in [-0.2, 0) is 4.79 Å². The van der Waals surface area contributed by atoms with E-state index in [1.165, 1.54) is 4.90 Å². The summed E-state index contributed by atoms with van der Waals surface area (Å²) in [6.45, 7) is 0.159. The second kappa shape index (κ2) is 5.61. The average molecular weight is 289 g/mol. The minimum Gasteiger partial charge on any atom is -0.360 e. The van der Waals surface area contributed by atoms with Crippen LogP contribution in [0.25, 0.3) is 0 Å². The van der Waals surface area contributed by atoms with E-state index in [0.717, 1.165) is 0 Å². The molecule has 0 unspecified atom stereocenters. The average Bonchev–Trinajstić information content (AvgIpc) is 2.27. The minimum atomic E-state index is -0.0484. The molecule has 0 aromatic carbocycles. The van der Waals surface area contributed by atoms with E-state index in [-0.39, 0.29) is 18.4 Å². The predicted molar refractivity (Wildman–Crippen MR) is 64.7 cm³/mol. The number of amides is 1. The lowest BCUT2D eigenvalue weighted by Gasteiger charge is -2.12. The smallest absolute Gasteiger partial charge is 0.241 e. The van der Waals surface area contributed by atoms with E-state index in [1.54, 1.807) is 20.3 Å². The van der Waals surface area contributed by atoms with Crippen LogP contribution in [0.5, 0.6) is 0 Å². The number of carbonyl (C=O) groups excluding carboxylic acids is 1. The van der Waals surface area contributed by atoms with Gasteiger partial charge in [-0.05, 0) is 15.9 Å². The normalized spacial score (nSPS) is 9.75. The molecule has 0 bridgehead atoms. The van der Waals surface area contributed by atoms with Gasteiger partial charge in [0.25, 0.3) is 0 Å². The summed E-state index contributed by atoms with van der Waals surface area (Å²) in [5.41, 5.74) is 2.33. The maximum Gasteiger partial charge on any atom is 0.241 e. The molecule has 1 aromatic rings. The second-order valence-electron chi connectivity index (χ2n) is 3.18. The number of anilines is 2. The first-order valence-electron chi connectivity index (χ1n) is 4.47. The van der Waals surface area contributed by atoms with E-state index in [0.29, 0.717) is 10.3 Å². The molecule has 0 fully saturated rings. The third-order valence-corrected chi connectivity index (χ3v) is 2.36. The number of hydrogen-bond donors (Lipinski definition) is 3. The van der Waals surface area contributed by atoms with Gasteiger partial charge in [-0.3, -0.25) is 10.2 Å². The van der Waals surface area contributed by atoms with Gasteiger partial charge in [-0.1, -0.05) is 0 Å². The van der Waals surface area contributed by atoms with Gasteiger partial charge < -0.3 is 10.2 Å². The van der Waals surface area contributed by atoms with Crippen molar-refractivity contribution < 1.29 is 4.79 Å². The van der Waals surface area contributed by atoms with Crippen molar-refractivity contribution in [1.82, 2.24) is 14.9 Å². The first-order valence-corrected chi connectivity index (χ1v) is 5.27. The summed E-state index contributed by atoms with van der Waals surface area (Å²) < 4.78 is 0.665. The Morgan fingerprint density at radius 2 is 2.31 bits per heavy atom. The summed E-state index contributed by atoms with van der Waals surface area (Å²) in [5, 5.41) is 2.88. The van der Waals surface area contributed by atoms with Crippen LogP contribution in [0, 0.1) is 0 Å². The van der Waals surface area contributed by atoms with Crippen molar-refractivity contribution in [3.05, 3.63) is 10.7 Å². The summed E-state index contributed by atoms with van der Waals surface area (Å²) in [4.78, 5) is 20.8. The molecule has 1 aromatic heterocycles. The molecule has 7 nitrogen and oxygen atoms in total. The molecule has 0 aliphatic rings. The number of aromatic nitrogens is 2. The van der Waals surface area contributed by atoms with E-state index >= 15 is 0 Å². The molecule has 8 heteroatoms. The monoisotopic (exact) mass is 288 g/mol. The Bertz CT molecular complexity index is 383. The highest BCUT2D eigenvalue weighted by Gasteiger charge is 2.07. The minimum absolute atomic E-state index is 0.0484. The SMILES string of the molecule is CN(C)C(=O)CNc1nc(NN)ncc1Br. The summed E-state index contributed by atoms with van der Waals surface area (Å²) >= 11 is 3.27. The van der Waals surface area contributed by atoms with Gasteiger partial charge in [0.2, 0.25) is 11.9 Å². The molecule has 88 valence electrons. The standard InChI is InChI=1S/C8H13BrN6O/c1-15(2)6(16)4-11-7-5(9)3-12-8(13-7)14-10/h3H,4,10H2,1-2H3,(H2,11,12,13,14). The Hall–Kier alpha value is -1.41. The van der Waals surface area contributed by atoms with Crippen molar-refractivity contribution in [3.63, 3.8) is 0 Å². The molecule has 0 aliphatic carbocycles. The fourth-order valence-electron chi connectivity index (χ4n) is 0.878. The van der Waals surface area contributed by atoms with E-state index < -0.39 is 0 Å². The Morgan fingerprint density at radius 1 is 1.62 bits per heavy atom. The first kappa shape index (κ1) is 12.7. The number of rotatable bonds is 4. The highest BCUT2D eigenvalue weighted by Crippen LogP contribution is 2.19. The van der Waals surface area contributed by atoms with Gasteiger partial charge in [-0.25, -0.2) is 10.8 Å². The zero-order valence-corrected chi connectivity index (χ0v) is 10.6. The van der Waals surface area contributed by atoms with Crippen molar-refractivity contribution in [2.75, 3.05) is 31.4 Å². The van der Waals surface area contributed by atoms with Crippen LogP contribution < -0.4 is 16.6 Å². The lowest BCUT2D eigenvalue weighted by atomic mass is 10.5. The van der Waals surface area contributed by atoms with Gasteiger partial charge >= 0.3 is 0 Å². The number of hydrogen-bond acceptors (Lipinski definition) is 6. The summed E-state index contributed by atoms with van der Waals surface area (Å²) in [6.07, 6.45) is 1.55.